The Bertz CT molecular complexity index is 1070. The predicted molar refractivity (Wildman–Crippen MR) is 114 cm³/mol. The molecule has 0 radical (unpaired) electrons. The molecule has 3 aromatic rings. The van der Waals surface area contributed by atoms with Gasteiger partial charge >= 0.3 is 0 Å². The van der Waals surface area contributed by atoms with Crippen molar-refractivity contribution in [2.24, 2.45) is 0 Å². The largest absolute Gasteiger partial charge is 0.497 e. The zero-order valence-electron chi connectivity index (χ0n) is 17.4. The maximum atomic E-state index is 13.4. The van der Waals surface area contributed by atoms with Gasteiger partial charge in [-0.25, -0.2) is 4.39 Å². The molecule has 1 heterocycles. The van der Waals surface area contributed by atoms with Crippen molar-refractivity contribution in [3.63, 3.8) is 0 Å². The molecule has 6 nitrogen and oxygen atoms in total. The molecule has 7 heteroatoms. The van der Waals surface area contributed by atoms with Crippen LogP contribution in [0.2, 0.25) is 0 Å². The molecule has 1 amide bonds. The Hall–Kier alpha value is -3.74. The fourth-order valence-electron chi connectivity index (χ4n) is 3.63. The lowest BCUT2D eigenvalue weighted by Crippen LogP contribution is -2.61. The van der Waals surface area contributed by atoms with Crippen LogP contribution in [0, 0.1) is 5.82 Å². The molecule has 1 aliphatic rings. The lowest BCUT2D eigenvalue weighted by molar-refractivity contribution is -0.135. The molecular formula is C24H22FNO5. The number of anilines is 1. The molecule has 4 rings (SSSR count). The first kappa shape index (κ1) is 20.5. The third kappa shape index (κ3) is 3.86. The summed E-state index contributed by atoms with van der Waals surface area (Å²) in [7, 11) is 4.69. The van der Waals surface area contributed by atoms with Gasteiger partial charge in [0, 0.05) is 5.69 Å². The number of halogens is 1. The van der Waals surface area contributed by atoms with E-state index in [1.54, 1.807) is 68.7 Å². The molecule has 160 valence electrons. The second kappa shape index (κ2) is 8.55. The Morgan fingerprint density at radius 1 is 0.774 bits per heavy atom. The monoisotopic (exact) mass is 423 g/mol. The van der Waals surface area contributed by atoms with Crippen LogP contribution in [0.3, 0.4) is 0 Å². The Morgan fingerprint density at radius 3 is 2.03 bits per heavy atom. The van der Waals surface area contributed by atoms with Crippen molar-refractivity contribution in [1.82, 2.24) is 0 Å². The second-order valence-electron chi connectivity index (χ2n) is 6.96. The number of rotatable bonds is 7. The van der Waals surface area contributed by atoms with Gasteiger partial charge in [0.05, 0.1) is 21.3 Å². The Morgan fingerprint density at radius 2 is 1.42 bits per heavy atom. The number of β-lactam (4-membered cyclic amide) rings is 1. The number of ether oxygens (including phenoxy) is 4. The maximum Gasteiger partial charge on any atom is 0.271 e. The highest BCUT2D eigenvalue weighted by Gasteiger charge is 2.51. The normalized spacial score (nSPS) is 17.7. The van der Waals surface area contributed by atoms with Crippen LogP contribution in [0.4, 0.5) is 10.1 Å². The number of methoxy groups -OCH3 is 3. The average Bonchev–Trinajstić information content (AvgIpc) is 2.81. The van der Waals surface area contributed by atoms with E-state index in [0.717, 1.165) is 5.56 Å². The highest BCUT2D eigenvalue weighted by Crippen LogP contribution is 2.43. The van der Waals surface area contributed by atoms with Crippen molar-refractivity contribution in [1.29, 1.82) is 0 Å². The molecule has 1 fully saturated rings. The van der Waals surface area contributed by atoms with Crippen molar-refractivity contribution in [2.75, 3.05) is 26.2 Å². The Kier molecular flexibility index (Phi) is 5.66. The van der Waals surface area contributed by atoms with Gasteiger partial charge < -0.3 is 18.9 Å². The summed E-state index contributed by atoms with van der Waals surface area (Å²) in [4.78, 5) is 14.7. The molecule has 1 saturated heterocycles. The van der Waals surface area contributed by atoms with Gasteiger partial charge in [0.25, 0.3) is 5.91 Å². The molecule has 31 heavy (non-hydrogen) atoms. The molecule has 0 unspecified atom stereocenters. The van der Waals surface area contributed by atoms with Crippen LogP contribution in [0.1, 0.15) is 11.6 Å². The van der Waals surface area contributed by atoms with Crippen LogP contribution in [0.25, 0.3) is 0 Å². The third-order valence-electron chi connectivity index (χ3n) is 5.22. The molecule has 3 aromatic carbocycles. The van der Waals surface area contributed by atoms with Gasteiger partial charge in [-0.1, -0.05) is 6.07 Å². The summed E-state index contributed by atoms with van der Waals surface area (Å²) in [6.07, 6.45) is -0.753. The van der Waals surface area contributed by atoms with E-state index in [9.17, 15) is 9.18 Å². The molecule has 0 bridgehead atoms. The van der Waals surface area contributed by atoms with Crippen LogP contribution in [0.15, 0.2) is 66.7 Å². The van der Waals surface area contributed by atoms with Gasteiger partial charge in [-0.15, -0.1) is 0 Å². The molecule has 1 aliphatic heterocycles. The van der Waals surface area contributed by atoms with Gasteiger partial charge in [0.15, 0.2) is 11.5 Å². The first-order valence-corrected chi connectivity index (χ1v) is 9.67. The van der Waals surface area contributed by atoms with Crippen LogP contribution >= 0.6 is 0 Å². The average molecular weight is 423 g/mol. The van der Waals surface area contributed by atoms with E-state index in [-0.39, 0.29) is 11.7 Å². The summed E-state index contributed by atoms with van der Waals surface area (Å²) in [5.41, 5.74) is 1.39. The van der Waals surface area contributed by atoms with E-state index in [1.165, 1.54) is 12.1 Å². The fraction of sp³-hybridized carbons (Fsp3) is 0.208. The molecule has 2 atom stereocenters. The van der Waals surface area contributed by atoms with E-state index in [1.807, 2.05) is 12.1 Å². The number of hydrogen-bond donors (Lipinski definition) is 0. The molecule has 0 aliphatic carbocycles. The number of hydrogen-bond acceptors (Lipinski definition) is 5. The number of carbonyl (C=O) groups excluding carboxylic acids is 1. The van der Waals surface area contributed by atoms with Crippen LogP contribution < -0.4 is 23.8 Å². The van der Waals surface area contributed by atoms with Crippen LogP contribution in [0.5, 0.6) is 23.0 Å². The first-order valence-electron chi connectivity index (χ1n) is 9.67. The van der Waals surface area contributed by atoms with Gasteiger partial charge in [0.2, 0.25) is 6.10 Å². The van der Waals surface area contributed by atoms with Crippen LogP contribution in [-0.4, -0.2) is 33.3 Å². The minimum atomic E-state index is -0.753. The van der Waals surface area contributed by atoms with E-state index in [4.69, 9.17) is 18.9 Å². The van der Waals surface area contributed by atoms with Gasteiger partial charge in [-0.05, 0) is 66.2 Å². The van der Waals surface area contributed by atoms with Gasteiger partial charge in [-0.3, -0.25) is 9.69 Å². The Labute approximate surface area is 179 Å². The minimum absolute atomic E-state index is 0.220. The maximum absolute atomic E-state index is 13.4. The lowest BCUT2D eigenvalue weighted by atomic mass is 9.89. The zero-order valence-corrected chi connectivity index (χ0v) is 17.4. The number of carbonyl (C=O) groups is 1. The van der Waals surface area contributed by atoms with E-state index >= 15 is 0 Å². The highest BCUT2D eigenvalue weighted by atomic mass is 19.1. The van der Waals surface area contributed by atoms with Crippen molar-refractivity contribution in [3.05, 3.63) is 78.1 Å². The van der Waals surface area contributed by atoms with E-state index < -0.39 is 12.1 Å². The quantitative estimate of drug-likeness (QED) is 0.528. The summed E-state index contributed by atoms with van der Waals surface area (Å²) in [5, 5.41) is 0. The van der Waals surface area contributed by atoms with Crippen molar-refractivity contribution in [2.45, 2.75) is 12.1 Å². The highest BCUT2D eigenvalue weighted by molar-refractivity contribution is 6.05. The van der Waals surface area contributed by atoms with E-state index in [2.05, 4.69) is 0 Å². The summed E-state index contributed by atoms with van der Waals surface area (Å²) in [6.45, 7) is 0. The third-order valence-corrected chi connectivity index (χ3v) is 5.22. The second-order valence-corrected chi connectivity index (χ2v) is 6.96. The summed E-state index contributed by atoms with van der Waals surface area (Å²) >= 11 is 0. The number of benzene rings is 3. The predicted octanol–water partition coefficient (Wildman–Crippen LogP) is 4.39. The minimum Gasteiger partial charge on any atom is -0.497 e. The van der Waals surface area contributed by atoms with Crippen molar-refractivity contribution >= 4 is 11.6 Å². The molecule has 0 saturated carbocycles. The first-order chi connectivity index (χ1) is 15.0. The Balaban J connectivity index is 1.70. The van der Waals surface area contributed by atoms with Crippen molar-refractivity contribution < 1.29 is 28.1 Å². The van der Waals surface area contributed by atoms with E-state index in [0.29, 0.717) is 28.7 Å². The fourth-order valence-corrected chi connectivity index (χ4v) is 3.63. The SMILES string of the molecule is COc1ccc(O[C@H]2C(=O)N(c3ccc(F)cc3)[C@@H]2c2ccc(OC)c(OC)c2)cc1. The van der Waals surface area contributed by atoms with Gasteiger partial charge in [0.1, 0.15) is 23.4 Å². The topological polar surface area (TPSA) is 57.2 Å². The summed E-state index contributed by atoms with van der Waals surface area (Å²) < 4.78 is 35.4. The number of amides is 1. The molecular weight excluding hydrogens is 401 g/mol. The zero-order chi connectivity index (χ0) is 22.0. The molecule has 0 N–H and O–H groups in total. The molecule has 0 aromatic heterocycles. The standard InChI is InChI=1S/C24H22FNO5/c1-28-18-9-11-19(12-10-18)31-23-22(15-4-13-20(29-2)21(14-15)30-3)26(24(23)27)17-7-5-16(25)6-8-17/h4-14,22-23H,1-3H3/t22-,23-/m1/s1. The number of nitrogens with zero attached hydrogens (tertiary/aromatic N) is 1. The smallest absolute Gasteiger partial charge is 0.271 e. The van der Waals surface area contributed by atoms with Crippen molar-refractivity contribution in [3.8, 4) is 23.0 Å². The lowest BCUT2D eigenvalue weighted by Gasteiger charge is -2.46. The van der Waals surface area contributed by atoms with Gasteiger partial charge in [-0.2, -0.15) is 0 Å². The summed E-state index contributed by atoms with van der Waals surface area (Å²) in [5.74, 6) is 1.77. The molecule has 0 spiro atoms. The summed E-state index contributed by atoms with van der Waals surface area (Å²) in [6, 6.07) is 17.9. The van der Waals surface area contributed by atoms with Crippen LogP contribution in [-0.2, 0) is 4.79 Å².